The van der Waals surface area contributed by atoms with Gasteiger partial charge < -0.3 is 11.1 Å². The van der Waals surface area contributed by atoms with E-state index in [-0.39, 0.29) is 0 Å². The SMILES string of the molecule is CC(C#N)(CN)c1cc(CNC2CC2)c2ncccc2c1. The summed E-state index contributed by atoms with van der Waals surface area (Å²) in [6.07, 6.45) is 4.32. The van der Waals surface area contributed by atoms with Gasteiger partial charge in [-0.3, -0.25) is 4.98 Å². The van der Waals surface area contributed by atoms with Crippen LogP contribution in [0.1, 0.15) is 30.9 Å². The second kappa shape index (κ2) is 5.44. The minimum atomic E-state index is -0.654. The van der Waals surface area contributed by atoms with Gasteiger partial charge in [0.15, 0.2) is 0 Å². The molecular formula is C17H20N4. The molecule has 0 aliphatic heterocycles. The van der Waals surface area contributed by atoms with Gasteiger partial charge in [0.2, 0.25) is 0 Å². The summed E-state index contributed by atoms with van der Waals surface area (Å²) in [5.74, 6) is 0. The van der Waals surface area contributed by atoms with E-state index in [2.05, 4.69) is 22.4 Å². The highest BCUT2D eigenvalue weighted by Gasteiger charge is 2.26. The van der Waals surface area contributed by atoms with Crippen LogP contribution in [0.15, 0.2) is 30.5 Å². The van der Waals surface area contributed by atoms with Crippen LogP contribution in [0.25, 0.3) is 10.9 Å². The third-order valence-electron chi connectivity index (χ3n) is 4.23. The number of fused-ring (bicyclic) bond motifs is 1. The molecule has 0 amide bonds. The van der Waals surface area contributed by atoms with Gasteiger partial charge in [-0.25, -0.2) is 0 Å². The summed E-state index contributed by atoms with van der Waals surface area (Å²) in [6.45, 7) is 2.99. The lowest BCUT2D eigenvalue weighted by atomic mass is 9.82. The van der Waals surface area contributed by atoms with Crippen molar-refractivity contribution in [2.75, 3.05) is 6.54 Å². The molecule has 1 unspecified atom stereocenters. The van der Waals surface area contributed by atoms with Crippen LogP contribution in [0.4, 0.5) is 0 Å². The summed E-state index contributed by atoms with van der Waals surface area (Å²) >= 11 is 0. The molecule has 0 radical (unpaired) electrons. The Morgan fingerprint density at radius 3 is 2.95 bits per heavy atom. The van der Waals surface area contributed by atoms with Crippen molar-refractivity contribution in [3.63, 3.8) is 0 Å². The molecule has 3 rings (SSSR count). The van der Waals surface area contributed by atoms with Gasteiger partial charge in [-0.05, 0) is 43.0 Å². The van der Waals surface area contributed by atoms with Crippen LogP contribution < -0.4 is 11.1 Å². The average molecular weight is 280 g/mol. The maximum atomic E-state index is 9.47. The highest BCUT2D eigenvalue weighted by Crippen LogP contribution is 2.28. The van der Waals surface area contributed by atoms with E-state index in [1.807, 2.05) is 31.3 Å². The van der Waals surface area contributed by atoms with Gasteiger partial charge in [-0.2, -0.15) is 5.26 Å². The minimum absolute atomic E-state index is 0.310. The molecule has 0 spiro atoms. The molecule has 1 aliphatic carbocycles. The number of nitriles is 1. The first-order valence-electron chi connectivity index (χ1n) is 7.39. The minimum Gasteiger partial charge on any atom is -0.329 e. The summed E-state index contributed by atoms with van der Waals surface area (Å²) < 4.78 is 0. The normalized spacial score (nSPS) is 17.4. The highest BCUT2D eigenvalue weighted by molar-refractivity contribution is 5.83. The molecule has 1 aromatic carbocycles. The van der Waals surface area contributed by atoms with Crippen LogP contribution >= 0.6 is 0 Å². The quantitative estimate of drug-likeness (QED) is 0.880. The van der Waals surface area contributed by atoms with Crippen LogP contribution in [-0.2, 0) is 12.0 Å². The number of nitrogens with one attached hydrogen (secondary N) is 1. The third kappa shape index (κ3) is 2.76. The van der Waals surface area contributed by atoms with Crippen molar-refractivity contribution >= 4 is 10.9 Å². The van der Waals surface area contributed by atoms with Crippen LogP contribution in [0.2, 0.25) is 0 Å². The molecule has 3 N–H and O–H groups in total. The van der Waals surface area contributed by atoms with Crippen LogP contribution in [0.3, 0.4) is 0 Å². The Morgan fingerprint density at radius 1 is 1.48 bits per heavy atom. The first-order chi connectivity index (χ1) is 10.2. The van der Waals surface area contributed by atoms with Gasteiger partial charge >= 0.3 is 0 Å². The Balaban J connectivity index is 2.07. The number of hydrogen-bond acceptors (Lipinski definition) is 4. The molecule has 0 bridgehead atoms. The largest absolute Gasteiger partial charge is 0.329 e. The van der Waals surface area contributed by atoms with E-state index >= 15 is 0 Å². The predicted octanol–water partition coefficient (Wildman–Crippen LogP) is 2.23. The number of nitrogens with zero attached hydrogens (tertiary/aromatic N) is 2. The lowest BCUT2D eigenvalue weighted by Gasteiger charge is -2.21. The highest BCUT2D eigenvalue weighted by atomic mass is 14.9. The fourth-order valence-electron chi connectivity index (χ4n) is 2.49. The lowest BCUT2D eigenvalue weighted by molar-refractivity contribution is 0.621. The molecule has 1 aliphatic rings. The molecule has 1 atom stereocenters. The Kier molecular flexibility index (Phi) is 3.62. The Labute approximate surface area is 125 Å². The van der Waals surface area contributed by atoms with Crippen molar-refractivity contribution in [1.82, 2.24) is 10.3 Å². The smallest absolute Gasteiger partial charge is 0.0916 e. The zero-order valence-electron chi connectivity index (χ0n) is 12.3. The van der Waals surface area contributed by atoms with Gasteiger partial charge in [-0.1, -0.05) is 12.1 Å². The van der Waals surface area contributed by atoms with E-state index in [4.69, 9.17) is 5.73 Å². The number of aromatic nitrogens is 1. The van der Waals surface area contributed by atoms with Crippen molar-refractivity contribution in [3.8, 4) is 6.07 Å². The van der Waals surface area contributed by atoms with Crippen molar-refractivity contribution in [1.29, 1.82) is 5.26 Å². The standard InChI is InChI=1S/C17H20N4/c1-17(10-18,11-19)14-7-12-3-2-6-20-16(12)13(8-14)9-21-15-4-5-15/h2-3,6-8,15,21H,4-5,9-10,18H2,1H3. The molecule has 0 saturated heterocycles. The van der Waals surface area contributed by atoms with Gasteiger partial charge in [0.05, 0.1) is 17.0 Å². The zero-order chi connectivity index (χ0) is 14.9. The molecule has 1 heterocycles. The van der Waals surface area contributed by atoms with E-state index in [1.54, 1.807) is 0 Å². The van der Waals surface area contributed by atoms with Crippen molar-refractivity contribution in [2.24, 2.45) is 5.73 Å². The van der Waals surface area contributed by atoms with Crippen LogP contribution in [0.5, 0.6) is 0 Å². The summed E-state index contributed by atoms with van der Waals surface area (Å²) in [4.78, 5) is 4.50. The van der Waals surface area contributed by atoms with Gasteiger partial charge in [0.1, 0.15) is 0 Å². The Bertz CT molecular complexity index is 699. The first kappa shape index (κ1) is 14.0. The number of nitrogens with two attached hydrogens (primary N) is 1. The van der Waals surface area contributed by atoms with Crippen molar-refractivity contribution in [2.45, 2.75) is 37.8 Å². The number of benzene rings is 1. The molecule has 2 aromatic rings. The van der Waals surface area contributed by atoms with E-state index in [0.29, 0.717) is 12.6 Å². The molecule has 4 heteroatoms. The number of hydrogen-bond donors (Lipinski definition) is 2. The summed E-state index contributed by atoms with van der Waals surface area (Å²) in [5, 5.41) is 14.1. The third-order valence-corrected chi connectivity index (χ3v) is 4.23. The van der Waals surface area contributed by atoms with Crippen LogP contribution in [0, 0.1) is 11.3 Å². The van der Waals surface area contributed by atoms with Gasteiger partial charge in [0.25, 0.3) is 0 Å². The molecule has 1 saturated carbocycles. The van der Waals surface area contributed by atoms with E-state index in [1.165, 1.54) is 12.8 Å². The second-order valence-electron chi connectivity index (χ2n) is 6.01. The first-order valence-corrected chi connectivity index (χ1v) is 7.39. The van der Waals surface area contributed by atoms with E-state index in [9.17, 15) is 5.26 Å². The molecule has 4 nitrogen and oxygen atoms in total. The fourth-order valence-corrected chi connectivity index (χ4v) is 2.49. The predicted molar refractivity (Wildman–Crippen MR) is 83.6 cm³/mol. The van der Waals surface area contributed by atoms with E-state index in [0.717, 1.165) is 28.6 Å². The van der Waals surface area contributed by atoms with Crippen LogP contribution in [-0.4, -0.2) is 17.6 Å². The summed E-state index contributed by atoms with van der Waals surface area (Å²) in [5.41, 5.74) is 8.29. The number of pyridine rings is 1. The Morgan fingerprint density at radius 2 is 2.29 bits per heavy atom. The van der Waals surface area contributed by atoms with E-state index < -0.39 is 5.41 Å². The average Bonchev–Trinajstić information content (AvgIpc) is 3.35. The molecular weight excluding hydrogens is 260 g/mol. The topological polar surface area (TPSA) is 74.7 Å². The lowest BCUT2D eigenvalue weighted by Crippen LogP contribution is -2.30. The molecule has 1 fully saturated rings. The summed E-state index contributed by atoms with van der Waals surface area (Å²) in [7, 11) is 0. The monoisotopic (exact) mass is 280 g/mol. The maximum Gasteiger partial charge on any atom is 0.0916 e. The molecule has 108 valence electrons. The van der Waals surface area contributed by atoms with Gasteiger partial charge in [-0.15, -0.1) is 0 Å². The zero-order valence-corrected chi connectivity index (χ0v) is 12.3. The summed E-state index contributed by atoms with van der Waals surface area (Å²) in [6, 6.07) is 11.1. The van der Waals surface area contributed by atoms with Gasteiger partial charge in [0, 0.05) is 30.7 Å². The second-order valence-corrected chi connectivity index (χ2v) is 6.01. The molecule has 21 heavy (non-hydrogen) atoms. The fraction of sp³-hybridized carbons (Fsp3) is 0.412. The molecule has 1 aromatic heterocycles. The Hall–Kier alpha value is -1.96. The van der Waals surface area contributed by atoms with Crippen molar-refractivity contribution in [3.05, 3.63) is 41.6 Å². The maximum absolute atomic E-state index is 9.47. The van der Waals surface area contributed by atoms with Crippen molar-refractivity contribution < 1.29 is 0 Å². The number of rotatable bonds is 5.